The van der Waals surface area contributed by atoms with Crippen LogP contribution in [0.25, 0.3) is 0 Å². The SMILES string of the molecule is CNC1(COC2OCC34CCCC2(C)C3CCC2C4=CCC3(C)C(C(=O)O)C(C)CCC23C)CCOCC1. The summed E-state index contributed by atoms with van der Waals surface area (Å²) in [5, 5.41) is 13.9. The highest BCUT2D eigenvalue weighted by molar-refractivity contribution is 5.72. The Labute approximate surface area is 229 Å². The van der Waals surface area contributed by atoms with Gasteiger partial charge in [-0.1, -0.05) is 45.8 Å². The second-order valence-corrected chi connectivity index (χ2v) is 14.8. The number of hydrogen-bond acceptors (Lipinski definition) is 5. The highest BCUT2D eigenvalue weighted by Crippen LogP contribution is 2.73. The van der Waals surface area contributed by atoms with E-state index in [1.807, 2.05) is 0 Å². The average molecular weight is 530 g/mol. The first-order valence-corrected chi connectivity index (χ1v) is 15.5. The minimum atomic E-state index is -0.593. The Hall–Kier alpha value is -0.950. The van der Waals surface area contributed by atoms with Crippen LogP contribution >= 0.6 is 0 Å². The largest absolute Gasteiger partial charge is 0.481 e. The molecule has 3 saturated carbocycles. The molecule has 5 fully saturated rings. The molecule has 9 unspecified atom stereocenters. The van der Waals surface area contributed by atoms with Crippen molar-refractivity contribution in [2.45, 2.75) is 104 Å². The van der Waals surface area contributed by atoms with Gasteiger partial charge in [0.15, 0.2) is 6.29 Å². The van der Waals surface area contributed by atoms with Crippen molar-refractivity contribution < 1.29 is 24.1 Å². The minimum absolute atomic E-state index is 0.00867. The van der Waals surface area contributed by atoms with Crippen LogP contribution in [-0.2, 0) is 19.0 Å². The van der Waals surface area contributed by atoms with Gasteiger partial charge in [-0.05, 0) is 93.4 Å². The quantitative estimate of drug-likeness (QED) is 0.438. The van der Waals surface area contributed by atoms with Crippen molar-refractivity contribution in [3.05, 3.63) is 11.6 Å². The Morgan fingerprint density at radius 1 is 1.08 bits per heavy atom. The van der Waals surface area contributed by atoms with Gasteiger partial charge in [-0.3, -0.25) is 4.79 Å². The standard InChI is InChI=1S/C32H51NO5/c1-21-9-13-29(3)22-7-8-24-28(2)11-6-12-32(24,23(22)10-14-30(29,4)25(21)26(34)35)20-38-27(28)37-19-31(33-5)15-17-36-18-16-31/h10,21-22,24-25,27,33H,6-9,11-20H2,1-5H3,(H,34,35). The number of fused-ring (bicyclic) bond motifs is 3. The van der Waals surface area contributed by atoms with E-state index >= 15 is 0 Å². The first-order valence-electron chi connectivity index (χ1n) is 15.5. The third-order valence-electron chi connectivity index (χ3n) is 13.5. The minimum Gasteiger partial charge on any atom is -0.481 e. The highest BCUT2D eigenvalue weighted by Gasteiger charge is 2.68. The van der Waals surface area contributed by atoms with Crippen LogP contribution < -0.4 is 5.32 Å². The van der Waals surface area contributed by atoms with E-state index in [2.05, 4.69) is 46.1 Å². The number of nitrogens with one attached hydrogen (secondary N) is 1. The zero-order chi connectivity index (χ0) is 27.0. The number of hydrogen-bond donors (Lipinski definition) is 2. The van der Waals surface area contributed by atoms with Crippen LogP contribution in [0.2, 0.25) is 0 Å². The molecule has 2 bridgehead atoms. The number of rotatable bonds is 5. The Morgan fingerprint density at radius 3 is 2.55 bits per heavy atom. The molecule has 2 aliphatic heterocycles. The van der Waals surface area contributed by atoms with Gasteiger partial charge in [-0.2, -0.15) is 0 Å². The van der Waals surface area contributed by atoms with Gasteiger partial charge in [0, 0.05) is 29.6 Å². The molecule has 0 aromatic heterocycles. The first-order chi connectivity index (χ1) is 18.1. The molecule has 2 saturated heterocycles. The zero-order valence-electron chi connectivity index (χ0n) is 24.4. The van der Waals surface area contributed by atoms with Crippen molar-refractivity contribution in [3.63, 3.8) is 0 Å². The van der Waals surface area contributed by atoms with E-state index in [-0.39, 0.29) is 45.3 Å². The summed E-state index contributed by atoms with van der Waals surface area (Å²) in [7, 11) is 2.05. The molecule has 6 heteroatoms. The molecule has 0 spiro atoms. The van der Waals surface area contributed by atoms with Gasteiger partial charge in [-0.15, -0.1) is 0 Å². The fraction of sp³-hybridized carbons (Fsp3) is 0.906. The number of carbonyl (C=O) groups is 1. The zero-order valence-corrected chi connectivity index (χ0v) is 24.4. The van der Waals surface area contributed by atoms with Crippen LogP contribution in [0.3, 0.4) is 0 Å². The lowest BCUT2D eigenvalue weighted by Crippen LogP contribution is -2.66. The van der Waals surface area contributed by atoms with Crippen molar-refractivity contribution in [1.29, 1.82) is 0 Å². The number of carboxylic acids is 1. The van der Waals surface area contributed by atoms with Crippen molar-refractivity contribution >= 4 is 5.97 Å². The van der Waals surface area contributed by atoms with Crippen molar-refractivity contribution in [2.24, 2.45) is 45.3 Å². The first kappa shape index (κ1) is 27.2. The number of carboxylic acid groups (broad SMARTS) is 1. The smallest absolute Gasteiger partial charge is 0.307 e. The summed E-state index contributed by atoms with van der Waals surface area (Å²) in [5.74, 6) is 0.405. The maximum Gasteiger partial charge on any atom is 0.307 e. The predicted molar refractivity (Wildman–Crippen MR) is 147 cm³/mol. The van der Waals surface area contributed by atoms with Crippen LogP contribution in [0.1, 0.15) is 91.9 Å². The molecule has 0 aromatic carbocycles. The summed E-state index contributed by atoms with van der Waals surface area (Å²) < 4.78 is 19.2. The van der Waals surface area contributed by atoms with Crippen LogP contribution in [0, 0.1) is 45.3 Å². The molecular formula is C32H51NO5. The van der Waals surface area contributed by atoms with Gasteiger partial charge in [0.25, 0.3) is 0 Å². The second kappa shape index (κ2) is 9.29. The van der Waals surface area contributed by atoms with Crippen molar-refractivity contribution in [3.8, 4) is 0 Å². The molecule has 2 N–H and O–H groups in total. The van der Waals surface area contributed by atoms with E-state index in [0.29, 0.717) is 18.4 Å². The molecule has 4 aliphatic carbocycles. The molecule has 0 radical (unpaired) electrons. The van der Waals surface area contributed by atoms with E-state index < -0.39 is 5.97 Å². The summed E-state index contributed by atoms with van der Waals surface area (Å²) in [6.45, 7) is 12.4. The molecule has 6 rings (SSSR count). The maximum absolute atomic E-state index is 12.6. The normalized spacial score (nSPS) is 49.7. The molecule has 2 heterocycles. The van der Waals surface area contributed by atoms with E-state index in [1.54, 1.807) is 5.57 Å². The van der Waals surface area contributed by atoms with Crippen LogP contribution in [0.5, 0.6) is 0 Å². The summed E-state index contributed by atoms with van der Waals surface area (Å²) in [6.07, 6.45) is 13.3. The fourth-order valence-corrected chi connectivity index (χ4v) is 10.9. The fourth-order valence-electron chi connectivity index (χ4n) is 10.9. The van der Waals surface area contributed by atoms with Crippen LogP contribution in [0.4, 0.5) is 0 Å². The predicted octanol–water partition coefficient (Wildman–Crippen LogP) is 5.80. The van der Waals surface area contributed by atoms with Gasteiger partial charge in [0.05, 0.1) is 19.1 Å². The van der Waals surface area contributed by atoms with Crippen LogP contribution in [0.15, 0.2) is 11.6 Å². The lowest BCUT2D eigenvalue weighted by atomic mass is 9.37. The lowest BCUT2D eigenvalue weighted by Gasteiger charge is -2.69. The molecule has 38 heavy (non-hydrogen) atoms. The van der Waals surface area contributed by atoms with Gasteiger partial charge in [0.2, 0.25) is 0 Å². The number of ether oxygens (including phenoxy) is 3. The number of allylic oxidation sites excluding steroid dienone is 1. The summed E-state index contributed by atoms with van der Waals surface area (Å²) in [5.41, 5.74) is 1.53. The molecule has 0 aromatic rings. The third-order valence-corrected chi connectivity index (χ3v) is 13.5. The molecule has 214 valence electrons. The van der Waals surface area contributed by atoms with E-state index in [0.717, 1.165) is 58.3 Å². The number of aliphatic carboxylic acids is 1. The Bertz CT molecular complexity index is 975. The van der Waals surface area contributed by atoms with Gasteiger partial charge in [0.1, 0.15) is 0 Å². The van der Waals surface area contributed by atoms with Gasteiger partial charge in [-0.25, -0.2) is 0 Å². The van der Waals surface area contributed by atoms with Gasteiger partial charge >= 0.3 is 5.97 Å². The Morgan fingerprint density at radius 2 is 1.84 bits per heavy atom. The van der Waals surface area contributed by atoms with Gasteiger partial charge < -0.3 is 24.6 Å². The van der Waals surface area contributed by atoms with Crippen LogP contribution in [-0.4, -0.2) is 56.4 Å². The summed E-state index contributed by atoms with van der Waals surface area (Å²) in [6, 6.07) is 0. The average Bonchev–Trinajstić information content (AvgIpc) is 2.89. The monoisotopic (exact) mass is 529 g/mol. The lowest BCUT2D eigenvalue weighted by molar-refractivity contribution is -0.306. The van der Waals surface area contributed by atoms with E-state index in [4.69, 9.17) is 14.2 Å². The number of likely N-dealkylation sites (N-methyl/N-ethyl adjacent to an activating group) is 1. The molecular weight excluding hydrogens is 478 g/mol. The Balaban J connectivity index is 1.29. The Kier molecular flexibility index (Phi) is 6.66. The molecule has 0 amide bonds. The summed E-state index contributed by atoms with van der Waals surface area (Å²) in [4.78, 5) is 12.6. The molecule has 6 aliphatic rings. The maximum atomic E-state index is 12.6. The third kappa shape index (κ3) is 3.61. The van der Waals surface area contributed by atoms with E-state index in [9.17, 15) is 9.90 Å². The molecule has 9 atom stereocenters. The second-order valence-electron chi connectivity index (χ2n) is 14.8. The van der Waals surface area contributed by atoms with Crippen molar-refractivity contribution in [2.75, 3.05) is 33.5 Å². The topological polar surface area (TPSA) is 77.0 Å². The molecule has 6 nitrogen and oxygen atoms in total. The summed E-state index contributed by atoms with van der Waals surface area (Å²) >= 11 is 0. The highest BCUT2D eigenvalue weighted by atomic mass is 16.7. The van der Waals surface area contributed by atoms with E-state index in [1.165, 1.54) is 25.7 Å². The van der Waals surface area contributed by atoms with Crippen molar-refractivity contribution in [1.82, 2.24) is 5.32 Å².